The maximum atomic E-state index is 14.5. The summed E-state index contributed by atoms with van der Waals surface area (Å²) in [5, 5.41) is 12.0. The Labute approximate surface area is 393 Å². The van der Waals surface area contributed by atoms with Crippen molar-refractivity contribution in [2.75, 3.05) is 27.9 Å². The summed E-state index contributed by atoms with van der Waals surface area (Å²) in [6.07, 6.45) is 19.7. The Bertz CT molecular complexity index is 1750. The topological polar surface area (TPSA) is 121 Å². The molecule has 0 aromatic heterocycles. The first kappa shape index (κ1) is 54.5. The van der Waals surface area contributed by atoms with Crippen molar-refractivity contribution in [3.63, 3.8) is 0 Å². The largest absolute Gasteiger partial charge is 0.460 e. The number of nitrogens with zero attached hydrogens (tertiary/aromatic N) is 1. The fourth-order valence-corrected chi connectivity index (χ4v) is 10.8. The molecule has 0 radical (unpaired) electrons. The minimum Gasteiger partial charge on any atom is -0.460 e. The molecule has 4 rings (SSSR count). The molecule has 15 atom stereocenters. The number of aliphatic hydroxyl groups is 1. The van der Waals surface area contributed by atoms with Gasteiger partial charge in [-0.15, -0.1) is 0 Å². The number of allylic oxidation sites excluding steroid dienone is 6. The molecule has 3 heterocycles. The number of hydrogen-bond acceptors (Lipinski definition) is 9. The van der Waals surface area contributed by atoms with Crippen molar-refractivity contribution in [2.24, 2.45) is 47.3 Å². The highest BCUT2D eigenvalue weighted by molar-refractivity contribution is 6.39. The molecule has 3 aliphatic heterocycles. The minimum atomic E-state index is -2.34. The first-order valence-corrected chi connectivity index (χ1v) is 24.9. The molecule has 1 saturated carbocycles. The second-order valence-corrected chi connectivity index (χ2v) is 20.7. The quantitative estimate of drug-likeness (QED) is 0.158. The van der Waals surface area contributed by atoms with Crippen LogP contribution in [0, 0.1) is 47.3 Å². The van der Waals surface area contributed by atoms with E-state index in [-0.39, 0.29) is 48.5 Å². The van der Waals surface area contributed by atoms with Crippen molar-refractivity contribution in [3.8, 4) is 0 Å². The lowest BCUT2D eigenvalue weighted by molar-refractivity contribution is -0.265. The molecule has 2 saturated heterocycles. The number of Topliss-reactive ketones (excluding diaryl/α,β-unsaturated/α-hetero) is 1. The Kier molecular flexibility index (Phi) is 21.2. The Balaban J connectivity index is 1.70. The van der Waals surface area contributed by atoms with Crippen molar-refractivity contribution < 1.29 is 43.2 Å². The van der Waals surface area contributed by atoms with E-state index in [0.29, 0.717) is 62.7 Å². The molecule has 0 aromatic rings. The van der Waals surface area contributed by atoms with E-state index in [1.54, 1.807) is 28.3 Å². The summed E-state index contributed by atoms with van der Waals surface area (Å²) in [6, 6.07) is -0.968. The summed E-state index contributed by atoms with van der Waals surface area (Å²) in [6.45, 7) is 28.4. The number of carbonyl (C=O) groups is 3. The van der Waals surface area contributed by atoms with Gasteiger partial charge in [0.15, 0.2) is 0 Å². The highest BCUT2D eigenvalue weighted by atomic mass is 16.6. The Morgan fingerprint density at radius 2 is 1.58 bits per heavy atom. The van der Waals surface area contributed by atoms with Gasteiger partial charge in [-0.3, -0.25) is 9.59 Å². The van der Waals surface area contributed by atoms with Crippen LogP contribution in [0.1, 0.15) is 139 Å². The zero-order valence-corrected chi connectivity index (χ0v) is 42.3. The van der Waals surface area contributed by atoms with E-state index in [1.807, 2.05) is 25.2 Å². The molecular formula is C55H87NO9. The number of carbonyl (C=O) groups excluding carboxylic acids is 3. The standard InChI is InChI=1S/C55H87NO9/c1-34-20-16-15-17-21-35(2)49(62-13)33-46-26-24-42(9)55(60,65-46)52(57)53(58)56-27-19-18-22-47(56)54(59)64-50(41(8)30-45-25-23-36(3)48(32-45)61-12)31-38(5)37(4)29-40(7)44(11)51(63-14)43(10)39(6)28-34/h15-17,20-21,29,34,36-37,39,41-42,44-51,60H,5,10,18-19,22-28,30-33H2,1-4,6-9,11-14H3/b17-15+,20-16+,35-21+,40-29+/t34-,36-,37-,39-,41-,42-,44-,45+,46+,47+,48-,49+,50+,51+,55-/m1/s1. The second kappa shape index (κ2) is 25.3. The van der Waals surface area contributed by atoms with Crippen LogP contribution >= 0.6 is 0 Å². The molecule has 0 spiro atoms. The summed E-state index contributed by atoms with van der Waals surface area (Å²) >= 11 is 0. The van der Waals surface area contributed by atoms with Crippen molar-refractivity contribution in [3.05, 3.63) is 71.9 Å². The third kappa shape index (κ3) is 14.4. The van der Waals surface area contributed by atoms with Gasteiger partial charge in [-0.25, -0.2) is 4.79 Å². The minimum absolute atomic E-state index is 0.0129. The fourth-order valence-electron chi connectivity index (χ4n) is 10.8. The number of amides is 1. The van der Waals surface area contributed by atoms with Gasteiger partial charge in [0.2, 0.25) is 5.79 Å². The number of hydrogen-bond donors (Lipinski definition) is 1. The molecule has 0 unspecified atom stereocenters. The monoisotopic (exact) mass is 906 g/mol. The Morgan fingerprint density at radius 3 is 2.26 bits per heavy atom. The molecule has 1 N–H and O–H groups in total. The van der Waals surface area contributed by atoms with Crippen molar-refractivity contribution in [2.45, 2.75) is 182 Å². The number of cyclic esters (lactones) is 1. The first-order valence-electron chi connectivity index (χ1n) is 24.9. The maximum absolute atomic E-state index is 14.5. The molecule has 1 aliphatic carbocycles. The molecule has 366 valence electrons. The average Bonchev–Trinajstić information content (AvgIpc) is 3.28. The maximum Gasteiger partial charge on any atom is 0.329 e. The van der Waals surface area contributed by atoms with Gasteiger partial charge in [0.05, 0.1) is 24.4 Å². The number of rotatable bonds is 6. The van der Waals surface area contributed by atoms with Gasteiger partial charge in [0, 0.05) is 52.6 Å². The van der Waals surface area contributed by atoms with Crippen LogP contribution in [0.4, 0.5) is 0 Å². The van der Waals surface area contributed by atoms with Crippen molar-refractivity contribution in [1.29, 1.82) is 0 Å². The Hall–Kier alpha value is -3.15. The first-order chi connectivity index (χ1) is 30.7. The molecule has 3 fully saturated rings. The van der Waals surface area contributed by atoms with Gasteiger partial charge in [-0.05, 0) is 125 Å². The van der Waals surface area contributed by atoms with Crippen LogP contribution in [0.3, 0.4) is 0 Å². The van der Waals surface area contributed by atoms with Crippen LogP contribution in [0.15, 0.2) is 71.9 Å². The summed E-state index contributed by atoms with van der Waals surface area (Å²) in [4.78, 5) is 44.5. The van der Waals surface area contributed by atoms with E-state index in [4.69, 9.17) is 23.7 Å². The van der Waals surface area contributed by atoms with Crippen LogP contribution in [0.25, 0.3) is 0 Å². The fraction of sp³-hybridized carbons (Fsp3) is 0.727. The smallest absolute Gasteiger partial charge is 0.329 e. The third-order valence-electron chi connectivity index (χ3n) is 15.7. The molecule has 2 bridgehead atoms. The molecule has 4 aliphatic rings. The van der Waals surface area contributed by atoms with Gasteiger partial charge in [0.1, 0.15) is 12.1 Å². The van der Waals surface area contributed by atoms with Crippen molar-refractivity contribution >= 4 is 17.7 Å². The number of fused-ring (bicyclic) bond motifs is 3. The molecule has 10 heteroatoms. The lowest BCUT2D eigenvalue weighted by Crippen LogP contribution is -2.61. The number of piperidine rings is 1. The van der Waals surface area contributed by atoms with E-state index >= 15 is 0 Å². The summed E-state index contributed by atoms with van der Waals surface area (Å²) in [5.74, 6) is -3.99. The van der Waals surface area contributed by atoms with Crippen LogP contribution in [0.2, 0.25) is 0 Å². The van der Waals surface area contributed by atoms with E-state index in [1.165, 1.54) is 10.5 Å². The lowest BCUT2D eigenvalue weighted by atomic mass is 9.75. The highest BCUT2D eigenvalue weighted by Crippen LogP contribution is 2.39. The van der Waals surface area contributed by atoms with E-state index in [0.717, 1.165) is 48.8 Å². The van der Waals surface area contributed by atoms with E-state index in [9.17, 15) is 19.5 Å². The van der Waals surface area contributed by atoms with Gasteiger partial charge < -0.3 is 33.7 Å². The summed E-state index contributed by atoms with van der Waals surface area (Å²) in [5.41, 5.74) is 4.16. The number of ether oxygens (including phenoxy) is 5. The van der Waals surface area contributed by atoms with Gasteiger partial charge in [-0.1, -0.05) is 109 Å². The van der Waals surface area contributed by atoms with E-state index in [2.05, 4.69) is 79.9 Å². The molecular weight excluding hydrogens is 819 g/mol. The van der Waals surface area contributed by atoms with Crippen LogP contribution < -0.4 is 0 Å². The van der Waals surface area contributed by atoms with Crippen LogP contribution in [-0.4, -0.2) is 97.9 Å². The summed E-state index contributed by atoms with van der Waals surface area (Å²) < 4.78 is 30.7. The molecule has 10 nitrogen and oxygen atoms in total. The third-order valence-corrected chi connectivity index (χ3v) is 15.7. The zero-order chi connectivity index (χ0) is 48.2. The number of methoxy groups -OCH3 is 3. The normalized spacial score (nSPS) is 40.4. The average molecular weight is 906 g/mol. The number of ketones is 1. The van der Waals surface area contributed by atoms with E-state index < -0.39 is 47.6 Å². The number of esters is 1. The predicted octanol–water partition coefficient (Wildman–Crippen LogP) is 10.7. The predicted molar refractivity (Wildman–Crippen MR) is 260 cm³/mol. The zero-order valence-electron chi connectivity index (χ0n) is 42.3. The van der Waals surface area contributed by atoms with Crippen molar-refractivity contribution in [1.82, 2.24) is 4.90 Å². The molecule has 65 heavy (non-hydrogen) atoms. The van der Waals surface area contributed by atoms with Gasteiger partial charge in [-0.2, -0.15) is 0 Å². The summed E-state index contributed by atoms with van der Waals surface area (Å²) in [7, 11) is 5.19. The highest BCUT2D eigenvalue weighted by Gasteiger charge is 2.53. The van der Waals surface area contributed by atoms with Gasteiger partial charge >= 0.3 is 5.97 Å². The second-order valence-electron chi connectivity index (χ2n) is 20.7. The molecule has 1 amide bonds. The lowest BCUT2D eigenvalue weighted by Gasteiger charge is -2.42. The van der Waals surface area contributed by atoms with Gasteiger partial charge in [0.25, 0.3) is 11.7 Å². The SMILES string of the molecule is C=C1C[C@@H]([C@H](C)C[C@@H]2CC[C@@H](C)[C@H](OC)C2)OC(=O)[C@@H]2CCCCN2C(=O)C(=O)[C@]2(O)O[C@@H](CC[C@H]2C)C[C@H](OC)/C(C)=C/C=C/C=C/[C@@H](C)C[C@@H](C)C(=C)[C@H](OC)[C@H](C)/C(C)=C/[C@H]1C. The van der Waals surface area contributed by atoms with Crippen LogP contribution in [0.5, 0.6) is 0 Å². The Morgan fingerprint density at radius 1 is 0.862 bits per heavy atom. The van der Waals surface area contributed by atoms with Crippen LogP contribution in [-0.2, 0) is 38.1 Å². The molecule has 0 aromatic carbocycles.